The molecule has 0 aliphatic rings. The number of hydrogen-bond donors (Lipinski definition) is 0. The molecule has 0 fully saturated rings. The first-order valence-corrected chi connectivity index (χ1v) is 9.95. The van der Waals surface area contributed by atoms with E-state index in [1.165, 1.54) is 38.1 Å². The second kappa shape index (κ2) is 6.22. The summed E-state index contributed by atoms with van der Waals surface area (Å²) in [5.74, 6) is 0. The van der Waals surface area contributed by atoms with Crippen molar-refractivity contribution in [2.24, 2.45) is 0 Å². The lowest BCUT2D eigenvalue weighted by Gasteiger charge is -2.20. The van der Waals surface area contributed by atoms with Gasteiger partial charge in [-0.05, 0) is 38.1 Å². The zero-order chi connectivity index (χ0) is 16.4. The van der Waals surface area contributed by atoms with Crippen LogP contribution in [0.5, 0.6) is 0 Å². The summed E-state index contributed by atoms with van der Waals surface area (Å²) in [6, 6.07) is 15.8. The SMILES string of the molecule is CC(C(C)S(=O)(=O)c1ccccc1)S(=O)(=O)c1ccccc1. The Morgan fingerprint density at radius 1 is 0.591 bits per heavy atom. The normalized spacial score (nSPS) is 15.2. The molecule has 0 spiro atoms. The van der Waals surface area contributed by atoms with Crippen molar-refractivity contribution in [2.45, 2.75) is 34.1 Å². The number of hydrogen-bond acceptors (Lipinski definition) is 4. The second-order valence-electron chi connectivity index (χ2n) is 5.13. The van der Waals surface area contributed by atoms with Crippen LogP contribution in [0.3, 0.4) is 0 Å². The van der Waals surface area contributed by atoms with Gasteiger partial charge in [0.25, 0.3) is 0 Å². The van der Waals surface area contributed by atoms with Crippen LogP contribution in [0.1, 0.15) is 13.8 Å². The summed E-state index contributed by atoms with van der Waals surface area (Å²) in [6.45, 7) is 2.88. The van der Waals surface area contributed by atoms with Gasteiger partial charge in [0.2, 0.25) is 0 Å². The van der Waals surface area contributed by atoms with E-state index >= 15 is 0 Å². The smallest absolute Gasteiger partial charge is 0.182 e. The summed E-state index contributed by atoms with van der Waals surface area (Å²) < 4.78 is 50.3. The van der Waals surface area contributed by atoms with Crippen molar-refractivity contribution >= 4 is 19.7 Å². The number of rotatable bonds is 5. The Kier molecular flexibility index (Phi) is 4.72. The van der Waals surface area contributed by atoms with Crippen molar-refractivity contribution in [1.82, 2.24) is 0 Å². The largest absolute Gasteiger partial charge is 0.223 e. The maximum atomic E-state index is 12.6. The molecule has 2 aromatic carbocycles. The minimum absolute atomic E-state index is 0.137. The Bertz CT molecular complexity index is 753. The summed E-state index contributed by atoms with van der Waals surface area (Å²) in [5, 5.41) is -2.08. The van der Waals surface area contributed by atoms with Gasteiger partial charge < -0.3 is 0 Å². The third kappa shape index (κ3) is 3.08. The minimum atomic E-state index is -3.71. The van der Waals surface area contributed by atoms with Crippen LogP contribution in [0.4, 0.5) is 0 Å². The van der Waals surface area contributed by atoms with Crippen molar-refractivity contribution in [1.29, 1.82) is 0 Å². The molecule has 2 aromatic rings. The summed E-state index contributed by atoms with van der Waals surface area (Å²) in [6.07, 6.45) is 0. The van der Waals surface area contributed by atoms with E-state index in [0.29, 0.717) is 0 Å². The van der Waals surface area contributed by atoms with Gasteiger partial charge in [0.15, 0.2) is 19.7 Å². The van der Waals surface area contributed by atoms with Gasteiger partial charge in [-0.15, -0.1) is 0 Å². The number of benzene rings is 2. The molecular weight excluding hydrogens is 320 g/mol. The van der Waals surface area contributed by atoms with Crippen LogP contribution in [0, 0.1) is 0 Å². The Labute approximate surface area is 131 Å². The first-order chi connectivity index (χ1) is 10.3. The van der Waals surface area contributed by atoms with E-state index < -0.39 is 30.2 Å². The van der Waals surface area contributed by atoms with Crippen LogP contribution in [-0.2, 0) is 19.7 Å². The predicted molar refractivity (Wildman–Crippen MR) is 86.2 cm³/mol. The fraction of sp³-hybridized carbons (Fsp3) is 0.250. The van der Waals surface area contributed by atoms with Crippen molar-refractivity contribution in [3.63, 3.8) is 0 Å². The first kappa shape index (κ1) is 16.7. The van der Waals surface area contributed by atoms with E-state index in [2.05, 4.69) is 0 Å². The third-order valence-electron chi connectivity index (χ3n) is 3.78. The van der Waals surface area contributed by atoms with Gasteiger partial charge in [0.05, 0.1) is 20.3 Å². The van der Waals surface area contributed by atoms with E-state index in [0.717, 1.165) is 0 Å². The Morgan fingerprint density at radius 2 is 0.864 bits per heavy atom. The molecule has 0 saturated heterocycles. The van der Waals surface area contributed by atoms with E-state index in [1.807, 2.05) is 0 Å². The molecule has 0 aliphatic heterocycles. The van der Waals surface area contributed by atoms with Gasteiger partial charge in [-0.2, -0.15) is 0 Å². The molecule has 0 heterocycles. The standard InChI is InChI=1S/C16H18O4S2/c1-13(21(17,18)15-9-5-3-6-10-15)14(2)22(19,20)16-11-7-4-8-12-16/h3-14H,1-2H3. The molecule has 0 N–H and O–H groups in total. The molecule has 0 radical (unpaired) electrons. The first-order valence-electron chi connectivity index (χ1n) is 6.86. The fourth-order valence-electron chi connectivity index (χ4n) is 2.15. The summed E-state index contributed by atoms with van der Waals surface area (Å²) in [4.78, 5) is 0.273. The molecule has 0 aliphatic carbocycles. The molecule has 118 valence electrons. The zero-order valence-corrected chi connectivity index (χ0v) is 14.0. The molecule has 0 aromatic heterocycles. The molecule has 0 bridgehead atoms. The van der Waals surface area contributed by atoms with Gasteiger partial charge >= 0.3 is 0 Å². The van der Waals surface area contributed by atoms with Crippen molar-refractivity contribution < 1.29 is 16.8 Å². The molecule has 0 amide bonds. The highest BCUT2D eigenvalue weighted by molar-refractivity contribution is 7.96. The predicted octanol–water partition coefficient (Wildman–Crippen LogP) is 2.71. The molecular formula is C16H18O4S2. The maximum Gasteiger partial charge on any atom is 0.182 e. The van der Waals surface area contributed by atoms with Gasteiger partial charge in [-0.3, -0.25) is 0 Å². The highest BCUT2D eigenvalue weighted by Crippen LogP contribution is 2.25. The van der Waals surface area contributed by atoms with Gasteiger partial charge in [-0.25, -0.2) is 16.8 Å². The highest BCUT2D eigenvalue weighted by atomic mass is 32.2. The molecule has 4 nitrogen and oxygen atoms in total. The average molecular weight is 338 g/mol. The maximum absolute atomic E-state index is 12.6. The van der Waals surface area contributed by atoms with Gasteiger partial charge in [0, 0.05) is 0 Å². The molecule has 22 heavy (non-hydrogen) atoms. The lowest BCUT2D eigenvalue weighted by molar-refractivity contribution is 0.562. The van der Waals surface area contributed by atoms with Crippen molar-refractivity contribution in [3.8, 4) is 0 Å². The Morgan fingerprint density at radius 3 is 1.14 bits per heavy atom. The van der Waals surface area contributed by atoms with Crippen LogP contribution in [-0.4, -0.2) is 27.3 Å². The van der Waals surface area contributed by atoms with Gasteiger partial charge in [0.1, 0.15) is 0 Å². The molecule has 6 heteroatoms. The van der Waals surface area contributed by atoms with E-state index in [-0.39, 0.29) is 9.79 Å². The van der Waals surface area contributed by atoms with Crippen molar-refractivity contribution in [2.75, 3.05) is 0 Å². The van der Waals surface area contributed by atoms with E-state index in [9.17, 15) is 16.8 Å². The van der Waals surface area contributed by atoms with E-state index in [1.54, 1.807) is 36.4 Å². The van der Waals surface area contributed by atoms with Crippen LogP contribution in [0.2, 0.25) is 0 Å². The minimum Gasteiger partial charge on any atom is -0.223 e. The van der Waals surface area contributed by atoms with Crippen LogP contribution < -0.4 is 0 Å². The lowest BCUT2D eigenvalue weighted by atomic mass is 10.3. The Balaban J connectivity index is 2.40. The van der Waals surface area contributed by atoms with Crippen molar-refractivity contribution in [3.05, 3.63) is 60.7 Å². The third-order valence-corrected chi connectivity index (χ3v) is 8.59. The molecule has 0 saturated carbocycles. The summed E-state index contributed by atoms with van der Waals surface area (Å²) in [5.41, 5.74) is 0. The monoisotopic (exact) mass is 338 g/mol. The van der Waals surface area contributed by atoms with Gasteiger partial charge in [-0.1, -0.05) is 36.4 Å². The number of sulfone groups is 2. The Hall–Kier alpha value is -1.66. The zero-order valence-electron chi connectivity index (χ0n) is 12.4. The fourth-order valence-corrected chi connectivity index (χ4v) is 5.97. The second-order valence-corrected chi connectivity index (χ2v) is 9.74. The van der Waals surface area contributed by atoms with Crippen LogP contribution in [0.15, 0.2) is 70.5 Å². The van der Waals surface area contributed by atoms with Crippen LogP contribution >= 0.6 is 0 Å². The topological polar surface area (TPSA) is 68.3 Å². The highest BCUT2D eigenvalue weighted by Gasteiger charge is 2.36. The molecule has 2 unspecified atom stereocenters. The molecule has 2 atom stereocenters. The summed E-state index contributed by atoms with van der Waals surface area (Å²) in [7, 11) is -7.42. The molecule has 2 rings (SSSR count). The van der Waals surface area contributed by atoms with E-state index in [4.69, 9.17) is 0 Å². The lowest BCUT2D eigenvalue weighted by Crippen LogP contribution is -2.35. The summed E-state index contributed by atoms with van der Waals surface area (Å²) >= 11 is 0. The quantitative estimate of drug-likeness (QED) is 0.840. The van der Waals surface area contributed by atoms with Crippen LogP contribution in [0.25, 0.3) is 0 Å². The average Bonchev–Trinajstić information content (AvgIpc) is 2.55.